The lowest BCUT2D eigenvalue weighted by atomic mass is 10.2. The van der Waals surface area contributed by atoms with E-state index in [0.29, 0.717) is 10.2 Å². The van der Waals surface area contributed by atoms with E-state index >= 15 is 0 Å². The van der Waals surface area contributed by atoms with Crippen molar-refractivity contribution < 1.29 is 9.72 Å². The molecule has 0 aliphatic carbocycles. The van der Waals surface area contributed by atoms with Crippen LogP contribution in [-0.2, 0) is 17.8 Å². The number of thioether (sulfide) groups is 1. The van der Waals surface area contributed by atoms with Crippen LogP contribution in [0.1, 0.15) is 25.1 Å². The number of benzene rings is 1. The molecule has 3 rings (SSSR count). The van der Waals surface area contributed by atoms with Gasteiger partial charge >= 0.3 is 0 Å². The maximum absolute atomic E-state index is 12.2. The lowest BCUT2D eigenvalue weighted by Crippen LogP contribution is -2.15. The summed E-state index contributed by atoms with van der Waals surface area (Å²) in [5, 5.41) is 22.6. The van der Waals surface area contributed by atoms with Gasteiger partial charge in [-0.15, -0.1) is 10.2 Å². The van der Waals surface area contributed by atoms with E-state index in [-0.39, 0.29) is 17.3 Å². The van der Waals surface area contributed by atoms with E-state index in [1.165, 1.54) is 36.4 Å². The number of nitro groups is 1. The molecule has 25 heavy (non-hydrogen) atoms. The molecule has 0 atom stereocenters. The van der Waals surface area contributed by atoms with Crippen molar-refractivity contribution in [3.05, 3.63) is 38.6 Å². The smallest absolute Gasteiger partial charge is 0.270 e. The number of carbonyl (C=O) groups is 1. The van der Waals surface area contributed by atoms with Crippen LogP contribution >= 0.6 is 27.7 Å². The molecule has 0 saturated heterocycles. The van der Waals surface area contributed by atoms with Crippen molar-refractivity contribution >= 4 is 45.0 Å². The van der Waals surface area contributed by atoms with E-state index in [1.54, 1.807) is 0 Å². The van der Waals surface area contributed by atoms with Gasteiger partial charge in [-0.25, -0.2) is 0 Å². The van der Waals surface area contributed by atoms with Crippen molar-refractivity contribution in [2.24, 2.45) is 0 Å². The first kappa shape index (κ1) is 17.9. The molecule has 1 aromatic heterocycles. The van der Waals surface area contributed by atoms with Crippen LogP contribution in [-0.4, -0.2) is 31.3 Å². The molecule has 0 radical (unpaired) electrons. The second kappa shape index (κ2) is 7.96. The third-order valence-corrected chi connectivity index (χ3v) is 5.47. The Labute approximate surface area is 156 Å². The molecule has 1 N–H and O–H groups in total. The zero-order valence-electron chi connectivity index (χ0n) is 13.3. The Bertz CT molecular complexity index is 810. The van der Waals surface area contributed by atoms with Crippen LogP contribution in [0.2, 0.25) is 0 Å². The highest BCUT2D eigenvalue weighted by molar-refractivity contribution is 9.10. The van der Waals surface area contributed by atoms with Crippen molar-refractivity contribution in [2.45, 2.75) is 37.4 Å². The minimum atomic E-state index is -0.483. The predicted molar refractivity (Wildman–Crippen MR) is 97.7 cm³/mol. The maximum atomic E-state index is 12.2. The largest absolute Gasteiger partial charge is 0.324 e. The summed E-state index contributed by atoms with van der Waals surface area (Å²) in [4.78, 5) is 22.4. The van der Waals surface area contributed by atoms with Gasteiger partial charge in [-0.1, -0.05) is 18.2 Å². The summed E-state index contributed by atoms with van der Waals surface area (Å²) in [5.41, 5.74) is 0.460. The van der Waals surface area contributed by atoms with Gasteiger partial charge < -0.3 is 9.88 Å². The number of anilines is 1. The van der Waals surface area contributed by atoms with E-state index in [9.17, 15) is 14.9 Å². The summed E-state index contributed by atoms with van der Waals surface area (Å²) in [6.45, 7) is 0.889. The summed E-state index contributed by atoms with van der Waals surface area (Å²) >= 11 is 4.59. The van der Waals surface area contributed by atoms with E-state index in [2.05, 4.69) is 36.0 Å². The summed E-state index contributed by atoms with van der Waals surface area (Å²) in [7, 11) is 0. The Morgan fingerprint density at radius 2 is 2.20 bits per heavy atom. The Morgan fingerprint density at radius 3 is 2.96 bits per heavy atom. The average Bonchev–Trinajstić information content (AvgIpc) is 2.81. The monoisotopic (exact) mass is 425 g/mol. The maximum Gasteiger partial charge on any atom is 0.270 e. The Kier molecular flexibility index (Phi) is 5.69. The lowest BCUT2D eigenvalue weighted by Gasteiger charge is -2.08. The van der Waals surface area contributed by atoms with Gasteiger partial charge in [0.1, 0.15) is 5.82 Å². The quantitative estimate of drug-likeness (QED) is 0.447. The normalized spacial score (nSPS) is 13.8. The molecule has 0 fully saturated rings. The minimum absolute atomic E-state index is 0.0367. The first-order valence-electron chi connectivity index (χ1n) is 7.83. The molecule has 2 heterocycles. The number of halogens is 1. The fourth-order valence-corrected chi connectivity index (χ4v) is 3.85. The number of nitrogens with one attached hydrogen (secondary N) is 1. The number of amides is 1. The fourth-order valence-electron chi connectivity index (χ4n) is 2.60. The molecular formula is C15H16BrN5O3S. The summed E-state index contributed by atoms with van der Waals surface area (Å²) in [5.74, 6) is 0.978. The van der Waals surface area contributed by atoms with E-state index in [4.69, 9.17) is 0 Å². The Hall–Kier alpha value is -1.94. The number of nitro benzene ring substituents is 1. The number of rotatable bonds is 5. The highest BCUT2D eigenvalue weighted by Gasteiger charge is 2.17. The first-order valence-corrected chi connectivity index (χ1v) is 9.61. The van der Waals surface area contributed by atoms with Gasteiger partial charge in [0.2, 0.25) is 5.91 Å². The van der Waals surface area contributed by atoms with Crippen molar-refractivity contribution in [3.8, 4) is 0 Å². The third kappa shape index (κ3) is 4.37. The highest BCUT2D eigenvalue weighted by Crippen LogP contribution is 2.28. The molecule has 1 amide bonds. The molecule has 2 aromatic rings. The van der Waals surface area contributed by atoms with Gasteiger partial charge in [0.15, 0.2) is 5.16 Å². The number of aromatic nitrogens is 3. The molecule has 1 aromatic carbocycles. The van der Waals surface area contributed by atoms with Crippen molar-refractivity contribution in [3.63, 3.8) is 0 Å². The van der Waals surface area contributed by atoms with Gasteiger partial charge in [-0.3, -0.25) is 14.9 Å². The fraction of sp³-hybridized carbons (Fsp3) is 0.400. The molecular weight excluding hydrogens is 410 g/mol. The zero-order chi connectivity index (χ0) is 17.8. The molecule has 1 aliphatic heterocycles. The molecule has 8 nitrogen and oxygen atoms in total. The van der Waals surface area contributed by atoms with Crippen LogP contribution in [0.5, 0.6) is 0 Å². The number of aryl methyl sites for hydroxylation is 1. The van der Waals surface area contributed by atoms with Gasteiger partial charge in [-0.2, -0.15) is 0 Å². The minimum Gasteiger partial charge on any atom is -0.324 e. The molecule has 0 bridgehead atoms. The van der Waals surface area contributed by atoms with Crippen molar-refractivity contribution in [2.75, 3.05) is 11.1 Å². The van der Waals surface area contributed by atoms with Crippen LogP contribution in [0, 0.1) is 10.1 Å². The van der Waals surface area contributed by atoms with Crippen LogP contribution < -0.4 is 5.32 Å². The number of carbonyl (C=O) groups excluding carboxylic acids is 1. The molecule has 0 spiro atoms. The summed E-state index contributed by atoms with van der Waals surface area (Å²) in [6.07, 6.45) is 4.33. The number of nitrogens with zero attached hydrogens (tertiary/aromatic N) is 4. The highest BCUT2D eigenvalue weighted by atomic mass is 79.9. The van der Waals surface area contributed by atoms with Crippen LogP contribution in [0.25, 0.3) is 0 Å². The van der Waals surface area contributed by atoms with E-state index in [0.717, 1.165) is 36.8 Å². The van der Waals surface area contributed by atoms with Crippen LogP contribution in [0.3, 0.4) is 0 Å². The van der Waals surface area contributed by atoms with Gasteiger partial charge in [0.05, 0.1) is 16.4 Å². The van der Waals surface area contributed by atoms with Gasteiger partial charge in [-0.05, 0) is 34.8 Å². The number of hydrogen-bond donors (Lipinski definition) is 1. The van der Waals surface area contributed by atoms with Crippen molar-refractivity contribution in [1.29, 1.82) is 0 Å². The molecule has 0 unspecified atom stereocenters. The van der Waals surface area contributed by atoms with Crippen molar-refractivity contribution in [1.82, 2.24) is 14.8 Å². The number of hydrogen-bond acceptors (Lipinski definition) is 6. The summed E-state index contributed by atoms with van der Waals surface area (Å²) in [6, 6.07) is 4.22. The Balaban J connectivity index is 1.60. The van der Waals surface area contributed by atoms with Crippen LogP contribution in [0.4, 0.5) is 11.4 Å². The topological polar surface area (TPSA) is 103 Å². The SMILES string of the molecule is O=C(CSc1nnc2n1CCCCC2)Nc1ccc([N+](=O)[O-])cc1Br. The zero-order valence-corrected chi connectivity index (χ0v) is 15.7. The van der Waals surface area contributed by atoms with Gasteiger partial charge in [0.25, 0.3) is 5.69 Å². The first-order chi connectivity index (χ1) is 12.0. The molecule has 0 saturated carbocycles. The number of fused-ring (bicyclic) bond motifs is 1. The van der Waals surface area contributed by atoms with Crippen LogP contribution in [0.15, 0.2) is 27.8 Å². The summed E-state index contributed by atoms with van der Waals surface area (Å²) < 4.78 is 2.56. The standard InChI is InChI=1S/C15H16BrN5O3S/c16-11-8-10(21(23)24)5-6-12(11)17-14(22)9-25-15-19-18-13-4-2-1-3-7-20(13)15/h5-6,8H,1-4,7,9H2,(H,17,22). The Morgan fingerprint density at radius 1 is 1.36 bits per heavy atom. The number of non-ortho nitro benzene ring substituents is 1. The average molecular weight is 426 g/mol. The van der Waals surface area contributed by atoms with Gasteiger partial charge in [0, 0.05) is 29.6 Å². The third-order valence-electron chi connectivity index (χ3n) is 3.85. The second-order valence-corrected chi connectivity index (χ2v) is 7.42. The molecule has 10 heteroatoms. The van der Waals surface area contributed by atoms with E-state index < -0.39 is 4.92 Å². The predicted octanol–water partition coefficient (Wildman–Crippen LogP) is 3.41. The van der Waals surface area contributed by atoms with E-state index in [1.807, 2.05) is 0 Å². The lowest BCUT2D eigenvalue weighted by molar-refractivity contribution is -0.384. The molecule has 132 valence electrons. The molecule has 1 aliphatic rings. The second-order valence-electron chi connectivity index (χ2n) is 5.62.